The fourth-order valence-corrected chi connectivity index (χ4v) is 1.25. The molecule has 0 aliphatic heterocycles. The maximum absolute atomic E-state index is 11.5. The lowest BCUT2D eigenvalue weighted by atomic mass is 10.1. The average Bonchev–Trinajstić information content (AvgIpc) is 2.70. The first-order valence-corrected chi connectivity index (χ1v) is 5.24. The molecule has 1 amide bonds. The lowest BCUT2D eigenvalue weighted by Crippen LogP contribution is -2.42. The van der Waals surface area contributed by atoms with Crippen molar-refractivity contribution in [2.45, 2.75) is 32.2 Å². The maximum atomic E-state index is 11.5. The molecule has 1 heterocycles. The van der Waals surface area contributed by atoms with Crippen LogP contribution in [0.15, 0.2) is 12.5 Å². The van der Waals surface area contributed by atoms with Gasteiger partial charge in [-0.25, -0.2) is 4.98 Å². The van der Waals surface area contributed by atoms with Crippen LogP contribution in [0.25, 0.3) is 0 Å². The zero-order chi connectivity index (χ0) is 11.1. The van der Waals surface area contributed by atoms with Gasteiger partial charge in [-0.1, -0.05) is 13.3 Å². The predicted molar refractivity (Wildman–Crippen MR) is 58.2 cm³/mol. The summed E-state index contributed by atoms with van der Waals surface area (Å²) in [5.74, 6) is -0.0990. The van der Waals surface area contributed by atoms with Gasteiger partial charge in [-0.3, -0.25) is 4.79 Å². The third-order valence-corrected chi connectivity index (χ3v) is 2.16. The minimum absolute atomic E-state index is 0.0990. The number of hydrogen-bond donors (Lipinski definition) is 3. The molecule has 1 rings (SSSR count). The summed E-state index contributed by atoms with van der Waals surface area (Å²) in [6, 6.07) is -0.498. The van der Waals surface area contributed by atoms with Crippen LogP contribution in [0.3, 0.4) is 0 Å². The molecule has 0 unspecified atom stereocenters. The highest BCUT2D eigenvalue weighted by Crippen LogP contribution is 1.96. The summed E-state index contributed by atoms with van der Waals surface area (Å²) in [5, 5.41) is 2.80. The molecular weight excluding hydrogens is 194 g/mol. The molecule has 0 aliphatic carbocycles. The van der Waals surface area contributed by atoms with Crippen LogP contribution in [-0.2, 0) is 11.2 Å². The highest BCUT2D eigenvalue weighted by atomic mass is 18.1. The Morgan fingerprint density at radius 3 is 3.13 bits per heavy atom. The number of H-pyrrole nitrogens is 1. The number of carbonyl (C=O) groups is 1. The predicted octanol–water partition coefficient (Wildman–Crippen LogP) is 0.196. The first kappa shape index (κ1) is 11.7. The topological polar surface area (TPSA) is 83.8 Å². The monoisotopic (exact) mass is 212 g/mol. The quantitative estimate of drug-likeness (QED) is 0.465. The number of aromatic amines is 1. The second kappa shape index (κ2) is 6.19. The number of nitrogens with one attached hydrogen (secondary N) is 2. The molecule has 0 aromatic carbocycles. The summed E-state index contributed by atoms with van der Waals surface area (Å²) in [4.78, 5) is 18.3. The van der Waals surface area contributed by atoms with E-state index in [9.17, 15) is 4.79 Å². The maximum Gasteiger partial charge on any atom is 0.237 e. The van der Waals surface area contributed by atoms with Crippen LogP contribution in [-0.4, -0.2) is 28.5 Å². The van der Waals surface area contributed by atoms with Gasteiger partial charge in [0.05, 0.1) is 12.4 Å². The summed E-state index contributed by atoms with van der Waals surface area (Å²) in [5.41, 5.74) is 6.61. The number of nitrogens with two attached hydrogens (primary N) is 1. The van der Waals surface area contributed by atoms with Crippen molar-refractivity contribution in [3.63, 3.8) is 0 Å². The van der Waals surface area contributed by atoms with E-state index < -0.39 is 6.04 Å². The third kappa shape index (κ3) is 4.12. The molecule has 5 nitrogen and oxygen atoms in total. The number of unbranched alkanes of at least 4 members (excludes halogenated alkanes) is 1. The molecule has 0 radical (unpaired) electrons. The van der Waals surface area contributed by atoms with Gasteiger partial charge in [0.25, 0.3) is 0 Å². The summed E-state index contributed by atoms with van der Waals surface area (Å²) in [7, 11) is 0. The van der Waals surface area contributed by atoms with Gasteiger partial charge < -0.3 is 16.0 Å². The Bertz CT molecular complexity index is 284. The number of hydrogen-bond acceptors (Lipinski definition) is 3. The Morgan fingerprint density at radius 2 is 2.53 bits per heavy atom. The Kier molecular flexibility index (Phi) is 4.83. The fraction of sp³-hybridized carbons (Fsp3) is 0.600. The molecule has 5 heteroatoms. The van der Waals surface area contributed by atoms with Gasteiger partial charge in [0.15, 0.2) is 0 Å². The van der Waals surface area contributed by atoms with Crippen LogP contribution in [0.4, 0.5) is 0 Å². The van der Waals surface area contributed by atoms with E-state index in [4.69, 9.17) is 5.73 Å². The molecule has 1 atom stereocenters. The summed E-state index contributed by atoms with van der Waals surface area (Å²) < 4.78 is 0. The molecule has 15 heavy (non-hydrogen) atoms. The van der Waals surface area contributed by atoms with Crippen LogP contribution < -0.4 is 11.1 Å². The van der Waals surface area contributed by atoms with Gasteiger partial charge in [0, 0.05) is 24.9 Å². The summed E-state index contributed by atoms with van der Waals surface area (Å²) in [6.07, 6.45) is 5.81. The molecule has 84 valence electrons. The summed E-state index contributed by atoms with van der Waals surface area (Å²) >= 11 is 0. The normalized spacial score (nSPS) is 12.4. The van der Waals surface area contributed by atoms with E-state index in [0.717, 1.165) is 18.5 Å². The molecule has 0 fully saturated rings. The van der Waals surface area contributed by atoms with Gasteiger partial charge in [-0.15, -0.1) is 0 Å². The zero-order valence-corrected chi connectivity index (χ0v) is 8.99. The number of nitrogens with zero attached hydrogens (tertiary/aromatic N) is 1. The van der Waals surface area contributed by atoms with Gasteiger partial charge in [-0.05, 0) is 6.42 Å². The summed E-state index contributed by atoms with van der Waals surface area (Å²) in [6.45, 7) is 2.78. The van der Waals surface area contributed by atoms with E-state index >= 15 is 0 Å². The molecular formula is C10H18N4O. The lowest BCUT2D eigenvalue weighted by Gasteiger charge is -2.10. The van der Waals surface area contributed by atoms with Crippen molar-refractivity contribution in [1.29, 1.82) is 0 Å². The number of amides is 1. The number of aromatic nitrogens is 2. The van der Waals surface area contributed by atoms with Crippen molar-refractivity contribution in [2.24, 2.45) is 5.73 Å². The second-order valence-corrected chi connectivity index (χ2v) is 3.53. The molecule has 0 saturated heterocycles. The standard InChI is InChI=1S/C10H18N4O/c1-2-3-4-13-10(15)9(11)5-8-6-12-7-14-8/h6-7,9H,2-5,11H2,1H3,(H,12,14)(H,13,15)/t9-/m0/s1/i15+2. The van der Waals surface area contributed by atoms with Crippen molar-refractivity contribution in [1.82, 2.24) is 15.3 Å². The number of rotatable bonds is 6. The van der Waals surface area contributed by atoms with Gasteiger partial charge in [-0.2, -0.15) is 0 Å². The van der Waals surface area contributed by atoms with Crippen LogP contribution in [0.1, 0.15) is 25.5 Å². The van der Waals surface area contributed by atoms with Crippen molar-refractivity contribution in [3.05, 3.63) is 18.2 Å². The smallest absolute Gasteiger partial charge is 0.237 e. The highest BCUT2D eigenvalue weighted by molar-refractivity contribution is 5.81. The molecule has 0 spiro atoms. The molecule has 0 bridgehead atoms. The van der Waals surface area contributed by atoms with E-state index in [1.54, 1.807) is 12.5 Å². The highest BCUT2D eigenvalue weighted by Gasteiger charge is 2.13. The van der Waals surface area contributed by atoms with Crippen LogP contribution in [0, 0.1) is 0 Å². The van der Waals surface area contributed by atoms with Crippen LogP contribution >= 0.6 is 0 Å². The molecule has 0 saturated carbocycles. The lowest BCUT2D eigenvalue weighted by molar-refractivity contribution is -0.122. The third-order valence-electron chi connectivity index (χ3n) is 2.16. The number of imidazole rings is 1. The Labute approximate surface area is 89.5 Å². The minimum Gasteiger partial charge on any atom is -0.355 e. The zero-order valence-electron chi connectivity index (χ0n) is 8.99. The minimum atomic E-state index is -0.498. The van der Waals surface area contributed by atoms with E-state index in [-0.39, 0.29) is 5.91 Å². The SMILES string of the molecule is CCCCNC(=[18O])[C@@H](N)Cc1cnc[nH]1. The van der Waals surface area contributed by atoms with Crippen LogP contribution in [0.5, 0.6) is 0 Å². The van der Waals surface area contributed by atoms with E-state index in [0.29, 0.717) is 13.0 Å². The molecule has 0 aliphatic rings. The van der Waals surface area contributed by atoms with E-state index in [2.05, 4.69) is 22.2 Å². The van der Waals surface area contributed by atoms with Crippen LogP contribution in [0.2, 0.25) is 0 Å². The molecule has 1 aromatic heterocycles. The van der Waals surface area contributed by atoms with Crippen molar-refractivity contribution in [3.8, 4) is 0 Å². The van der Waals surface area contributed by atoms with Crippen molar-refractivity contribution >= 4 is 5.91 Å². The van der Waals surface area contributed by atoms with Gasteiger partial charge >= 0.3 is 0 Å². The Hall–Kier alpha value is -1.36. The average molecular weight is 212 g/mol. The Morgan fingerprint density at radius 1 is 1.73 bits per heavy atom. The Balaban J connectivity index is 2.27. The van der Waals surface area contributed by atoms with E-state index in [1.165, 1.54) is 0 Å². The van der Waals surface area contributed by atoms with Gasteiger partial charge in [0.2, 0.25) is 5.91 Å². The largest absolute Gasteiger partial charge is 0.355 e. The second-order valence-electron chi connectivity index (χ2n) is 3.53. The number of carbonyl (C=O) groups excluding carboxylic acids is 1. The fourth-order valence-electron chi connectivity index (χ4n) is 1.25. The van der Waals surface area contributed by atoms with Gasteiger partial charge in [0.1, 0.15) is 0 Å². The van der Waals surface area contributed by atoms with Crippen molar-refractivity contribution in [2.75, 3.05) is 6.54 Å². The first-order chi connectivity index (χ1) is 7.24. The van der Waals surface area contributed by atoms with E-state index in [1.807, 2.05) is 0 Å². The van der Waals surface area contributed by atoms with Crippen molar-refractivity contribution < 1.29 is 4.79 Å². The first-order valence-electron chi connectivity index (χ1n) is 5.24. The molecule has 4 N–H and O–H groups in total. The molecule has 1 aromatic rings.